The van der Waals surface area contributed by atoms with Crippen LogP contribution >= 0.6 is 0 Å². The molecule has 0 unspecified atom stereocenters. The fraction of sp³-hybridized carbons (Fsp3) is 0.652. The lowest BCUT2D eigenvalue weighted by Crippen LogP contribution is -2.52. The summed E-state index contributed by atoms with van der Waals surface area (Å²) in [5, 5.41) is 0. The van der Waals surface area contributed by atoms with Gasteiger partial charge in [-0.1, -0.05) is 24.3 Å². The summed E-state index contributed by atoms with van der Waals surface area (Å²) >= 11 is 0. The molecular weight excluding hydrogens is 350 g/mol. The van der Waals surface area contributed by atoms with E-state index in [1.54, 1.807) is 0 Å². The molecule has 5 rings (SSSR count). The van der Waals surface area contributed by atoms with Crippen molar-refractivity contribution in [3.8, 4) is 0 Å². The molecule has 1 atom stereocenters. The fourth-order valence-electron chi connectivity index (χ4n) is 5.35. The zero-order chi connectivity index (χ0) is 19.1. The van der Waals surface area contributed by atoms with E-state index >= 15 is 0 Å². The van der Waals surface area contributed by atoms with Crippen LogP contribution in [0.4, 0.5) is 0 Å². The third-order valence-corrected chi connectivity index (χ3v) is 7.23. The van der Waals surface area contributed by atoms with Crippen molar-refractivity contribution in [2.24, 2.45) is 5.92 Å². The van der Waals surface area contributed by atoms with Gasteiger partial charge in [0.15, 0.2) is 0 Å². The Morgan fingerprint density at radius 2 is 1.61 bits per heavy atom. The highest BCUT2D eigenvalue weighted by Gasteiger charge is 2.40. The Morgan fingerprint density at radius 3 is 2.36 bits per heavy atom. The first-order chi connectivity index (χ1) is 13.7. The van der Waals surface area contributed by atoms with E-state index in [0.717, 1.165) is 64.7 Å². The van der Waals surface area contributed by atoms with Crippen molar-refractivity contribution < 1.29 is 9.59 Å². The molecule has 28 heavy (non-hydrogen) atoms. The number of likely N-dealkylation sites (tertiary alicyclic amines) is 2. The first-order valence-corrected chi connectivity index (χ1v) is 11.1. The maximum absolute atomic E-state index is 13.1. The number of hydrogen-bond donors (Lipinski definition) is 0. The Labute approximate surface area is 167 Å². The summed E-state index contributed by atoms with van der Waals surface area (Å²) in [6, 6.07) is 9.82. The monoisotopic (exact) mass is 381 g/mol. The van der Waals surface area contributed by atoms with Gasteiger partial charge in [-0.2, -0.15) is 0 Å². The molecule has 2 amide bonds. The number of carbonyl (C=O) groups is 2. The van der Waals surface area contributed by atoms with Crippen molar-refractivity contribution >= 4 is 11.8 Å². The second-order valence-electron chi connectivity index (χ2n) is 9.06. The van der Waals surface area contributed by atoms with E-state index in [9.17, 15) is 9.59 Å². The zero-order valence-corrected chi connectivity index (χ0v) is 16.7. The van der Waals surface area contributed by atoms with Crippen LogP contribution in [0.2, 0.25) is 0 Å². The molecule has 1 saturated carbocycles. The molecule has 0 aromatic heterocycles. The molecule has 3 fully saturated rings. The highest BCUT2D eigenvalue weighted by atomic mass is 16.2. The van der Waals surface area contributed by atoms with Crippen molar-refractivity contribution in [1.29, 1.82) is 0 Å². The van der Waals surface area contributed by atoms with Crippen molar-refractivity contribution in [1.82, 2.24) is 14.7 Å². The molecule has 1 aliphatic carbocycles. The van der Waals surface area contributed by atoms with Gasteiger partial charge in [-0.15, -0.1) is 0 Å². The molecule has 5 heteroatoms. The number of carbonyl (C=O) groups excluding carboxylic acids is 2. The Hall–Kier alpha value is -1.88. The molecular formula is C23H31N3O2. The Morgan fingerprint density at radius 1 is 0.857 bits per heavy atom. The Balaban J connectivity index is 1.15. The van der Waals surface area contributed by atoms with Gasteiger partial charge in [-0.25, -0.2) is 0 Å². The van der Waals surface area contributed by atoms with E-state index in [1.807, 2.05) is 4.90 Å². The van der Waals surface area contributed by atoms with Crippen molar-refractivity contribution in [3.05, 3.63) is 35.4 Å². The second kappa shape index (κ2) is 7.51. The number of hydrogen-bond acceptors (Lipinski definition) is 3. The van der Waals surface area contributed by atoms with Gasteiger partial charge >= 0.3 is 0 Å². The molecule has 1 aromatic carbocycles. The average Bonchev–Trinajstić information content (AvgIpc) is 3.59. The van der Waals surface area contributed by atoms with Gasteiger partial charge in [0, 0.05) is 51.2 Å². The topological polar surface area (TPSA) is 43.9 Å². The molecule has 3 aliphatic heterocycles. The van der Waals surface area contributed by atoms with Gasteiger partial charge in [-0.3, -0.25) is 14.5 Å². The Kier molecular flexibility index (Phi) is 4.87. The largest absolute Gasteiger partial charge is 0.342 e. The molecule has 5 nitrogen and oxygen atoms in total. The number of amides is 2. The molecule has 0 N–H and O–H groups in total. The second-order valence-corrected chi connectivity index (χ2v) is 9.06. The summed E-state index contributed by atoms with van der Waals surface area (Å²) in [5.74, 6) is 0.577. The maximum atomic E-state index is 13.1. The van der Waals surface area contributed by atoms with Crippen LogP contribution in [0.5, 0.6) is 0 Å². The third kappa shape index (κ3) is 3.57. The number of benzene rings is 1. The SMILES string of the molecule is O=C([C@H]1CCC(=O)N(C2CC2)C1)N1CCC(N2CCc3ccccc3C2)CC1. The molecule has 1 aromatic rings. The van der Waals surface area contributed by atoms with E-state index in [1.165, 1.54) is 11.1 Å². The van der Waals surface area contributed by atoms with Crippen LogP contribution in [0.3, 0.4) is 0 Å². The van der Waals surface area contributed by atoms with E-state index in [-0.39, 0.29) is 11.8 Å². The highest BCUT2D eigenvalue weighted by Crippen LogP contribution is 2.33. The van der Waals surface area contributed by atoms with Crippen LogP contribution < -0.4 is 0 Å². The number of piperidine rings is 2. The van der Waals surface area contributed by atoms with Crippen LogP contribution in [0.15, 0.2) is 24.3 Å². The molecule has 150 valence electrons. The molecule has 2 saturated heterocycles. The van der Waals surface area contributed by atoms with E-state index in [0.29, 0.717) is 31.0 Å². The normalized spacial score (nSPS) is 27.0. The smallest absolute Gasteiger partial charge is 0.227 e. The van der Waals surface area contributed by atoms with E-state index in [4.69, 9.17) is 0 Å². The van der Waals surface area contributed by atoms with Crippen LogP contribution in [-0.2, 0) is 22.6 Å². The third-order valence-electron chi connectivity index (χ3n) is 7.23. The van der Waals surface area contributed by atoms with Crippen molar-refractivity contribution in [2.75, 3.05) is 26.2 Å². The fourth-order valence-corrected chi connectivity index (χ4v) is 5.35. The van der Waals surface area contributed by atoms with Crippen LogP contribution in [0.1, 0.15) is 49.7 Å². The number of fused-ring (bicyclic) bond motifs is 1. The van der Waals surface area contributed by atoms with Gasteiger partial charge < -0.3 is 9.80 Å². The van der Waals surface area contributed by atoms with Gasteiger partial charge in [0.25, 0.3) is 0 Å². The minimum atomic E-state index is 0.0247. The minimum Gasteiger partial charge on any atom is -0.342 e. The lowest BCUT2D eigenvalue weighted by molar-refractivity contribution is -0.144. The minimum absolute atomic E-state index is 0.0247. The van der Waals surface area contributed by atoms with Crippen LogP contribution in [0.25, 0.3) is 0 Å². The zero-order valence-electron chi connectivity index (χ0n) is 16.7. The van der Waals surface area contributed by atoms with Crippen LogP contribution in [-0.4, -0.2) is 64.8 Å². The first kappa shape index (κ1) is 18.2. The molecule has 3 heterocycles. The first-order valence-electron chi connectivity index (χ1n) is 11.1. The Bertz CT molecular complexity index is 752. The van der Waals surface area contributed by atoms with Crippen molar-refractivity contribution in [3.63, 3.8) is 0 Å². The van der Waals surface area contributed by atoms with E-state index < -0.39 is 0 Å². The standard InChI is InChI=1S/C23H31N3O2/c27-22-8-5-19(16-26(22)21-6-7-21)23(28)24-13-10-20(11-14-24)25-12-9-17-3-1-2-4-18(17)15-25/h1-4,19-21H,5-16H2/t19-/m0/s1. The van der Waals surface area contributed by atoms with Gasteiger partial charge in [-0.05, 0) is 49.7 Å². The molecule has 0 spiro atoms. The van der Waals surface area contributed by atoms with Gasteiger partial charge in [0.05, 0.1) is 5.92 Å². The summed E-state index contributed by atoms with van der Waals surface area (Å²) < 4.78 is 0. The number of nitrogens with zero attached hydrogens (tertiary/aromatic N) is 3. The summed E-state index contributed by atoms with van der Waals surface area (Å²) in [6.45, 7) is 4.59. The predicted octanol–water partition coefficient (Wildman–Crippen LogP) is 2.44. The molecule has 0 bridgehead atoms. The average molecular weight is 382 g/mol. The summed E-state index contributed by atoms with van der Waals surface area (Å²) in [7, 11) is 0. The summed E-state index contributed by atoms with van der Waals surface area (Å²) in [5.41, 5.74) is 2.97. The summed E-state index contributed by atoms with van der Waals surface area (Å²) in [6.07, 6.45) is 6.83. The number of rotatable bonds is 3. The predicted molar refractivity (Wildman–Crippen MR) is 108 cm³/mol. The van der Waals surface area contributed by atoms with Crippen LogP contribution in [0, 0.1) is 5.92 Å². The summed E-state index contributed by atoms with van der Waals surface area (Å²) in [4.78, 5) is 31.9. The maximum Gasteiger partial charge on any atom is 0.227 e. The van der Waals surface area contributed by atoms with Crippen molar-refractivity contribution in [2.45, 2.75) is 63.6 Å². The van der Waals surface area contributed by atoms with E-state index in [2.05, 4.69) is 34.1 Å². The highest BCUT2D eigenvalue weighted by molar-refractivity contribution is 5.84. The quantitative estimate of drug-likeness (QED) is 0.808. The lowest BCUT2D eigenvalue weighted by atomic mass is 9.93. The lowest BCUT2D eigenvalue weighted by Gasteiger charge is -2.42. The van der Waals surface area contributed by atoms with Gasteiger partial charge in [0.1, 0.15) is 0 Å². The van der Waals surface area contributed by atoms with Gasteiger partial charge in [0.2, 0.25) is 11.8 Å². The molecule has 4 aliphatic rings. The molecule has 0 radical (unpaired) electrons.